The van der Waals surface area contributed by atoms with Crippen molar-refractivity contribution in [3.63, 3.8) is 0 Å². The van der Waals surface area contributed by atoms with E-state index in [-0.39, 0.29) is 18.0 Å². The molecule has 0 aliphatic carbocycles. The predicted octanol–water partition coefficient (Wildman–Crippen LogP) is 2.58. The maximum Gasteiger partial charge on any atom is 0.328 e. The Balaban J connectivity index is 2.14. The summed E-state index contributed by atoms with van der Waals surface area (Å²) in [6, 6.07) is 3.82. The summed E-state index contributed by atoms with van der Waals surface area (Å²) in [5.41, 5.74) is 1.07. The number of hydrogen-bond donors (Lipinski definition) is 1. The van der Waals surface area contributed by atoms with Crippen LogP contribution in [0.15, 0.2) is 24.4 Å². The zero-order chi connectivity index (χ0) is 15.4. The Hall–Kier alpha value is -2.17. The van der Waals surface area contributed by atoms with Gasteiger partial charge in [-0.25, -0.2) is 4.79 Å². The number of nitrogens with zero attached hydrogens (tertiary/aromatic N) is 2. The lowest BCUT2D eigenvalue weighted by Gasteiger charge is -2.38. The number of piperidine rings is 1. The molecule has 1 aliphatic rings. The van der Waals surface area contributed by atoms with Gasteiger partial charge in [-0.05, 0) is 50.8 Å². The number of amides is 1. The van der Waals surface area contributed by atoms with Gasteiger partial charge in [0.25, 0.3) is 5.91 Å². The second-order valence-electron chi connectivity index (χ2n) is 5.49. The molecule has 5 heteroatoms. The first-order valence-corrected chi connectivity index (χ1v) is 7.18. The largest absolute Gasteiger partial charge is 0.478 e. The van der Waals surface area contributed by atoms with Crippen molar-refractivity contribution in [1.82, 2.24) is 9.88 Å². The fourth-order valence-corrected chi connectivity index (χ4v) is 2.75. The van der Waals surface area contributed by atoms with Crippen LogP contribution in [0, 0.1) is 0 Å². The number of aromatic nitrogens is 1. The van der Waals surface area contributed by atoms with Crippen LogP contribution in [0.3, 0.4) is 0 Å². The monoisotopic (exact) mass is 288 g/mol. The van der Waals surface area contributed by atoms with Gasteiger partial charge in [-0.3, -0.25) is 9.78 Å². The molecular weight excluding hydrogens is 268 g/mol. The molecule has 0 bridgehead atoms. The SMILES string of the molecule is C[C@@H]1CCC[C@H](C)N1C(=O)c1ccc(/C=C/C(=O)O)cn1. The van der Waals surface area contributed by atoms with E-state index in [1.165, 1.54) is 12.3 Å². The fraction of sp³-hybridized carbons (Fsp3) is 0.438. The summed E-state index contributed by atoms with van der Waals surface area (Å²) < 4.78 is 0. The minimum absolute atomic E-state index is 0.0523. The lowest BCUT2D eigenvalue weighted by atomic mass is 9.97. The fourth-order valence-electron chi connectivity index (χ4n) is 2.75. The summed E-state index contributed by atoms with van der Waals surface area (Å²) in [6.07, 6.45) is 7.22. The molecule has 0 aromatic carbocycles. The summed E-state index contributed by atoms with van der Waals surface area (Å²) in [5, 5.41) is 8.58. The molecule has 1 saturated heterocycles. The third kappa shape index (κ3) is 3.68. The van der Waals surface area contributed by atoms with Gasteiger partial charge in [-0.2, -0.15) is 0 Å². The lowest BCUT2D eigenvalue weighted by molar-refractivity contribution is -0.131. The number of hydrogen-bond acceptors (Lipinski definition) is 3. The first kappa shape index (κ1) is 15.2. The van der Waals surface area contributed by atoms with E-state index in [1.807, 2.05) is 4.90 Å². The number of carbonyl (C=O) groups excluding carboxylic acids is 1. The number of carboxylic acid groups (broad SMARTS) is 1. The van der Waals surface area contributed by atoms with Crippen LogP contribution < -0.4 is 0 Å². The van der Waals surface area contributed by atoms with E-state index in [4.69, 9.17) is 5.11 Å². The number of pyridine rings is 1. The van der Waals surface area contributed by atoms with E-state index in [1.54, 1.807) is 12.1 Å². The van der Waals surface area contributed by atoms with Crippen LogP contribution >= 0.6 is 0 Å². The Morgan fingerprint density at radius 1 is 1.29 bits per heavy atom. The molecule has 21 heavy (non-hydrogen) atoms. The molecule has 2 atom stereocenters. The zero-order valence-electron chi connectivity index (χ0n) is 12.3. The van der Waals surface area contributed by atoms with Crippen molar-refractivity contribution in [2.75, 3.05) is 0 Å². The summed E-state index contributed by atoms with van der Waals surface area (Å²) >= 11 is 0. The Labute approximate surface area is 124 Å². The summed E-state index contributed by atoms with van der Waals surface area (Å²) in [4.78, 5) is 29.1. The molecule has 0 radical (unpaired) electrons. The van der Waals surface area contributed by atoms with Gasteiger partial charge in [-0.1, -0.05) is 6.07 Å². The van der Waals surface area contributed by atoms with Crippen LogP contribution in [-0.2, 0) is 4.79 Å². The third-order valence-corrected chi connectivity index (χ3v) is 3.85. The van der Waals surface area contributed by atoms with Gasteiger partial charge in [0.15, 0.2) is 0 Å². The molecule has 1 aromatic rings. The summed E-state index contributed by atoms with van der Waals surface area (Å²) in [7, 11) is 0. The molecule has 1 N–H and O–H groups in total. The Kier molecular flexibility index (Phi) is 4.73. The molecule has 1 fully saturated rings. The predicted molar refractivity (Wildman–Crippen MR) is 79.9 cm³/mol. The normalized spacial score (nSPS) is 22.5. The molecule has 1 amide bonds. The first-order chi connectivity index (χ1) is 9.99. The minimum atomic E-state index is -1.01. The van der Waals surface area contributed by atoms with Crippen LogP contribution in [0.4, 0.5) is 0 Å². The number of rotatable bonds is 3. The van der Waals surface area contributed by atoms with E-state index < -0.39 is 5.97 Å². The molecular formula is C16H20N2O3. The van der Waals surface area contributed by atoms with E-state index >= 15 is 0 Å². The number of aliphatic carboxylic acids is 1. The highest BCUT2D eigenvalue weighted by atomic mass is 16.4. The van der Waals surface area contributed by atoms with Gasteiger partial charge < -0.3 is 10.0 Å². The molecule has 1 aromatic heterocycles. The van der Waals surface area contributed by atoms with E-state index in [2.05, 4.69) is 18.8 Å². The van der Waals surface area contributed by atoms with Gasteiger partial charge in [-0.15, -0.1) is 0 Å². The van der Waals surface area contributed by atoms with Gasteiger partial charge in [0.2, 0.25) is 0 Å². The summed E-state index contributed by atoms with van der Waals surface area (Å²) in [5.74, 6) is -1.06. The van der Waals surface area contributed by atoms with E-state index in [9.17, 15) is 9.59 Å². The second kappa shape index (κ2) is 6.52. The van der Waals surface area contributed by atoms with Gasteiger partial charge in [0.05, 0.1) is 0 Å². The van der Waals surface area contributed by atoms with Crippen LogP contribution in [-0.4, -0.2) is 39.0 Å². The van der Waals surface area contributed by atoms with Crippen molar-refractivity contribution >= 4 is 18.0 Å². The zero-order valence-corrected chi connectivity index (χ0v) is 12.3. The number of carbonyl (C=O) groups is 2. The Morgan fingerprint density at radius 3 is 2.48 bits per heavy atom. The van der Waals surface area contributed by atoms with Crippen molar-refractivity contribution < 1.29 is 14.7 Å². The average Bonchev–Trinajstić information content (AvgIpc) is 2.45. The van der Waals surface area contributed by atoms with Gasteiger partial charge >= 0.3 is 5.97 Å². The molecule has 5 nitrogen and oxygen atoms in total. The van der Waals surface area contributed by atoms with Crippen molar-refractivity contribution in [2.45, 2.75) is 45.2 Å². The van der Waals surface area contributed by atoms with Gasteiger partial charge in [0, 0.05) is 24.4 Å². The minimum Gasteiger partial charge on any atom is -0.478 e. The molecule has 2 heterocycles. The highest BCUT2D eigenvalue weighted by Crippen LogP contribution is 2.24. The second-order valence-corrected chi connectivity index (χ2v) is 5.49. The van der Waals surface area contributed by atoms with Crippen LogP contribution in [0.1, 0.15) is 49.2 Å². The van der Waals surface area contributed by atoms with Crippen LogP contribution in [0.25, 0.3) is 6.08 Å². The Morgan fingerprint density at radius 2 is 1.95 bits per heavy atom. The maximum absolute atomic E-state index is 12.5. The van der Waals surface area contributed by atoms with Crippen molar-refractivity contribution in [3.8, 4) is 0 Å². The molecule has 1 aliphatic heterocycles. The van der Waals surface area contributed by atoms with Crippen molar-refractivity contribution in [2.24, 2.45) is 0 Å². The summed E-state index contributed by atoms with van der Waals surface area (Å²) in [6.45, 7) is 4.13. The lowest BCUT2D eigenvalue weighted by Crippen LogP contribution is -2.47. The molecule has 2 rings (SSSR count). The molecule has 0 unspecified atom stereocenters. The number of carboxylic acids is 1. The smallest absolute Gasteiger partial charge is 0.328 e. The van der Waals surface area contributed by atoms with E-state index in [0.29, 0.717) is 11.3 Å². The standard InChI is InChI=1S/C16H20N2O3/c1-11-4-3-5-12(2)18(11)16(21)14-8-6-13(10-17-14)7-9-15(19)20/h6-12H,3-5H2,1-2H3,(H,19,20)/b9-7+/t11-,12+. The first-order valence-electron chi connectivity index (χ1n) is 7.18. The molecule has 0 spiro atoms. The number of likely N-dealkylation sites (tertiary alicyclic amines) is 1. The maximum atomic E-state index is 12.5. The highest BCUT2D eigenvalue weighted by molar-refractivity contribution is 5.93. The van der Waals surface area contributed by atoms with E-state index in [0.717, 1.165) is 25.3 Å². The van der Waals surface area contributed by atoms with Crippen LogP contribution in [0.2, 0.25) is 0 Å². The van der Waals surface area contributed by atoms with Gasteiger partial charge in [0.1, 0.15) is 5.69 Å². The topological polar surface area (TPSA) is 70.5 Å². The Bertz CT molecular complexity index is 541. The highest BCUT2D eigenvalue weighted by Gasteiger charge is 2.30. The molecule has 0 saturated carbocycles. The quantitative estimate of drug-likeness (QED) is 0.868. The molecule has 112 valence electrons. The van der Waals surface area contributed by atoms with Crippen molar-refractivity contribution in [1.29, 1.82) is 0 Å². The third-order valence-electron chi connectivity index (χ3n) is 3.85. The van der Waals surface area contributed by atoms with Crippen LogP contribution in [0.5, 0.6) is 0 Å². The average molecular weight is 288 g/mol. The van der Waals surface area contributed by atoms with Crippen molar-refractivity contribution in [3.05, 3.63) is 35.7 Å².